The van der Waals surface area contributed by atoms with Crippen LogP contribution in [0.1, 0.15) is 13.8 Å². The van der Waals surface area contributed by atoms with Crippen LogP contribution in [0.4, 0.5) is 0 Å². The first-order valence-corrected chi connectivity index (χ1v) is 3.71. The van der Waals surface area contributed by atoms with E-state index in [1.165, 1.54) is 0 Å². The number of carboxylic acids is 1. The van der Waals surface area contributed by atoms with Gasteiger partial charge in [0.05, 0.1) is 0 Å². The topological polar surface area (TPSA) is 78.9 Å². The first kappa shape index (κ1) is 8.99. The molecule has 2 atom stereocenters. The van der Waals surface area contributed by atoms with Crippen molar-refractivity contribution in [3.8, 4) is 0 Å². The fourth-order valence-corrected chi connectivity index (χ4v) is 0.866. The van der Waals surface area contributed by atoms with Crippen LogP contribution in [0.15, 0.2) is 0 Å². The summed E-state index contributed by atoms with van der Waals surface area (Å²) in [6.07, 6.45) is -1.73. The second kappa shape index (κ2) is 3.10. The molecular formula is C7H11NO4. The van der Waals surface area contributed by atoms with E-state index in [0.717, 1.165) is 0 Å². The molecule has 0 unspecified atom stereocenters. The van der Waals surface area contributed by atoms with E-state index >= 15 is 0 Å². The number of hydrogen-bond acceptors (Lipinski definition) is 3. The lowest BCUT2D eigenvalue weighted by Gasteiger charge is -2.04. The molecule has 1 rings (SSSR count). The summed E-state index contributed by atoms with van der Waals surface area (Å²) in [5.74, 6) is -1.43. The molecule has 2 N–H and O–H groups in total. The average molecular weight is 173 g/mol. The zero-order chi connectivity index (χ0) is 9.30. The summed E-state index contributed by atoms with van der Waals surface area (Å²) < 4.78 is 4.63. The van der Waals surface area contributed by atoms with Crippen LogP contribution in [-0.2, 0) is 14.3 Å². The maximum atomic E-state index is 11.0. The molecule has 0 aliphatic carbocycles. The maximum Gasteiger partial charge on any atom is 0.336 e. The quantitative estimate of drug-likeness (QED) is 0.556. The molecule has 0 aromatic carbocycles. The third-order valence-corrected chi connectivity index (χ3v) is 1.42. The summed E-state index contributed by atoms with van der Waals surface area (Å²) in [5.41, 5.74) is 0. The van der Waals surface area contributed by atoms with Crippen molar-refractivity contribution in [2.45, 2.75) is 32.1 Å². The van der Waals surface area contributed by atoms with Crippen molar-refractivity contribution in [3.63, 3.8) is 0 Å². The van der Waals surface area contributed by atoms with Crippen molar-refractivity contribution in [1.29, 1.82) is 0 Å². The predicted octanol–water partition coefficient (Wildman–Crippen LogP) is -0.637. The Balaban J connectivity index is 2.33. The van der Waals surface area contributed by atoms with Gasteiger partial charge in [-0.1, -0.05) is 0 Å². The summed E-state index contributed by atoms with van der Waals surface area (Å²) in [6, 6.07) is 0.0103. The predicted molar refractivity (Wildman–Crippen MR) is 39.6 cm³/mol. The Hall–Kier alpha value is -1.10. The molecular weight excluding hydrogens is 162 g/mol. The van der Waals surface area contributed by atoms with E-state index in [-0.39, 0.29) is 11.9 Å². The largest absolute Gasteiger partial charge is 0.479 e. The molecule has 0 spiro atoms. The summed E-state index contributed by atoms with van der Waals surface area (Å²) in [4.78, 5) is 21.3. The van der Waals surface area contributed by atoms with Gasteiger partial charge in [-0.25, -0.2) is 4.79 Å². The lowest BCUT2D eigenvalue weighted by Crippen LogP contribution is -2.35. The number of carbonyl (C=O) groups excluding carboxylic acids is 1. The highest BCUT2D eigenvalue weighted by Gasteiger charge is 2.50. The van der Waals surface area contributed by atoms with Crippen LogP contribution in [0.25, 0.3) is 0 Å². The zero-order valence-electron chi connectivity index (χ0n) is 6.90. The van der Waals surface area contributed by atoms with Crippen molar-refractivity contribution in [3.05, 3.63) is 0 Å². The van der Waals surface area contributed by atoms with E-state index in [0.29, 0.717) is 0 Å². The standard InChI is InChI=1S/C7H11NO4/c1-3(2)8-6(9)4-5(12-4)7(10)11/h3-5H,1-2H3,(H,8,9)(H,10,11)/t4-,5-/m1/s1. The second-order valence-corrected chi connectivity index (χ2v) is 2.98. The highest BCUT2D eigenvalue weighted by molar-refractivity contribution is 5.92. The normalized spacial score (nSPS) is 26.9. The summed E-state index contributed by atoms with van der Waals surface area (Å²) in [7, 11) is 0. The van der Waals surface area contributed by atoms with Gasteiger partial charge in [0.25, 0.3) is 5.91 Å². The minimum Gasteiger partial charge on any atom is -0.479 e. The molecule has 5 nitrogen and oxygen atoms in total. The Labute approximate surface area is 69.7 Å². The molecule has 1 amide bonds. The van der Waals surface area contributed by atoms with Gasteiger partial charge in [0, 0.05) is 6.04 Å². The molecule has 12 heavy (non-hydrogen) atoms. The van der Waals surface area contributed by atoms with Gasteiger partial charge in [-0.2, -0.15) is 0 Å². The van der Waals surface area contributed by atoms with E-state index in [9.17, 15) is 9.59 Å². The lowest BCUT2D eigenvalue weighted by atomic mass is 10.3. The SMILES string of the molecule is CC(C)NC(=O)[C@@H]1O[C@H]1C(=O)O. The minimum absolute atomic E-state index is 0.0103. The van der Waals surface area contributed by atoms with E-state index in [1.54, 1.807) is 13.8 Å². The maximum absolute atomic E-state index is 11.0. The third kappa shape index (κ3) is 1.94. The fourth-order valence-electron chi connectivity index (χ4n) is 0.866. The Kier molecular flexibility index (Phi) is 2.32. The number of carbonyl (C=O) groups is 2. The van der Waals surface area contributed by atoms with Gasteiger partial charge < -0.3 is 15.2 Å². The van der Waals surface area contributed by atoms with Gasteiger partial charge in [0.2, 0.25) is 0 Å². The molecule has 0 aromatic rings. The Morgan fingerprint density at radius 1 is 1.42 bits per heavy atom. The number of ether oxygens (including phenoxy) is 1. The van der Waals surface area contributed by atoms with E-state index in [1.807, 2.05) is 0 Å². The number of carboxylic acid groups (broad SMARTS) is 1. The number of amides is 1. The Morgan fingerprint density at radius 2 is 2.00 bits per heavy atom. The molecule has 5 heteroatoms. The third-order valence-electron chi connectivity index (χ3n) is 1.42. The lowest BCUT2D eigenvalue weighted by molar-refractivity contribution is -0.138. The van der Waals surface area contributed by atoms with Crippen molar-refractivity contribution >= 4 is 11.9 Å². The molecule has 0 aromatic heterocycles. The number of hydrogen-bond donors (Lipinski definition) is 2. The Bertz CT molecular complexity index is 213. The van der Waals surface area contributed by atoms with Crippen molar-refractivity contribution in [1.82, 2.24) is 5.32 Å². The Morgan fingerprint density at radius 3 is 2.33 bits per heavy atom. The van der Waals surface area contributed by atoms with Gasteiger partial charge in [-0.05, 0) is 13.8 Å². The summed E-state index contributed by atoms with van der Waals surface area (Å²) in [5, 5.41) is 11.0. The number of epoxide rings is 1. The summed E-state index contributed by atoms with van der Waals surface area (Å²) >= 11 is 0. The van der Waals surface area contributed by atoms with Crippen LogP contribution in [0.5, 0.6) is 0 Å². The first-order valence-electron chi connectivity index (χ1n) is 3.71. The van der Waals surface area contributed by atoms with Crippen molar-refractivity contribution < 1.29 is 19.4 Å². The van der Waals surface area contributed by atoms with E-state index in [4.69, 9.17) is 5.11 Å². The second-order valence-electron chi connectivity index (χ2n) is 2.98. The van der Waals surface area contributed by atoms with Crippen LogP contribution < -0.4 is 5.32 Å². The molecule has 1 fully saturated rings. The smallest absolute Gasteiger partial charge is 0.336 e. The number of nitrogens with one attached hydrogen (secondary N) is 1. The van der Waals surface area contributed by atoms with Crippen LogP contribution in [0.2, 0.25) is 0 Å². The molecule has 0 bridgehead atoms. The molecule has 68 valence electrons. The van der Waals surface area contributed by atoms with Crippen LogP contribution >= 0.6 is 0 Å². The van der Waals surface area contributed by atoms with Gasteiger partial charge in [-0.15, -0.1) is 0 Å². The molecule has 1 saturated heterocycles. The average Bonchev–Trinajstić information content (AvgIpc) is 2.61. The van der Waals surface area contributed by atoms with Gasteiger partial charge in [0.1, 0.15) is 0 Å². The molecule has 1 aliphatic heterocycles. The first-order chi connectivity index (χ1) is 5.52. The van der Waals surface area contributed by atoms with Crippen molar-refractivity contribution in [2.24, 2.45) is 0 Å². The fraction of sp³-hybridized carbons (Fsp3) is 0.714. The van der Waals surface area contributed by atoms with Gasteiger partial charge in [-0.3, -0.25) is 4.79 Å². The number of aliphatic carboxylic acids is 1. The summed E-state index contributed by atoms with van der Waals surface area (Å²) in [6.45, 7) is 3.60. The minimum atomic E-state index is -1.08. The van der Waals surface area contributed by atoms with Crippen LogP contribution in [0, 0.1) is 0 Å². The molecule has 0 radical (unpaired) electrons. The number of rotatable bonds is 3. The highest BCUT2D eigenvalue weighted by Crippen LogP contribution is 2.22. The molecule has 1 heterocycles. The molecule has 0 saturated carbocycles. The van der Waals surface area contributed by atoms with Crippen molar-refractivity contribution in [2.75, 3.05) is 0 Å². The van der Waals surface area contributed by atoms with Crippen LogP contribution in [0.3, 0.4) is 0 Å². The highest BCUT2D eigenvalue weighted by atomic mass is 16.6. The van der Waals surface area contributed by atoms with E-state index in [2.05, 4.69) is 10.1 Å². The van der Waals surface area contributed by atoms with Gasteiger partial charge >= 0.3 is 5.97 Å². The van der Waals surface area contributed by atoms with Gasteiger partial charge in [0.15, 0.2) is 12.2 Å². The molecule has 1 aliphatic rings. The monoisotopic (exact) mass is 173 g/mol. The zero-order valence-corrected chi connectivity index (χ0v) is 6.90. The van der Waals surface area contributed by atoms with Crippen LogP contribution in [-0.4, -0.2) is 35.2 Å². The van der Waals surface area contributed by atoms with E-state index < -0.39 is 18.2 Å².